The molecule has 1 aromatic rings. The van der Waals surface area contributed by atoms with Crippen molar-refractivity contribution < 1.29 is 23.1 Å². The van der Waals surface area contributed by atoms with Crippen LogP contribution < -0.4 is 0 Å². The Morgan fingerprint density at radius 1 is 1.55 bits per heavy atom. The highest BCUT2D eigenvalue weighted by Gasteiger charge is 2.47. The van der Waals surface area contributed by atoms with Gasteiger partial charge in [0.1, 0.15) is 11.2 Å². The first-order valence-corrected chi connectivity index (χ1v) is 6.96. The van der Waals surface area contributed by atoms with Gasteiger partial charge in [0.05, 0.1) is 0 Å². The first-order chi connectivity index (χ1) is 10.2. The van der Waals surface area contributed by atoms with E-state index in [1.54, 1.807) is 0 Å². The average molecular weight is 338 g/mol. The Labute approximate surface area is 130 Å². The van der Waals surface area contributed by atoms with E-state index in [1.807, 2.05) is 0 Å². The summed E-state index contributed by atoms with van der Waals surface area (Å²) in [5.74, 6) is 0. The Balaban J connectivity index is 2.21. The highest BCUT2D eigenvalue weighted by Crippen LogP contribution is 2.39. The van der Waals surface area contributed by atoms with Gasteiger partial charge < -0.3 is 10.0 Å². The molecule has 1 saturated heterocycles. The lowest BCUT2D eigenvalue weighted by atomic mass is 10.1. The third-order valence-electron chi connectivity index (χ3n) is 3.79. The summed E-state index contributed by atoms with van der Waals surface area (Å²) in [6.45, 7) is 0.185. The summed E-state index contributed by atoms with van der Waals surface area (Å²) in [4.78, 5) is 16.9. The smallest absolute Gasteiger partial charge is 0.408 e. The maximum Gasteiger partial charge on any atom is 0.408 e. The van der Waals surface area contributed by atoms with E-state index in [9.17, 15) is 18.0 Å². The molecule has 2 heterocycles. The van der Waals surface area contributed by atoms with Gasteiger partial charge in [-0.3, -0.25) is 4.90 Å². The summed E-state index contributed by atoms with van der Waals surface area (Å²) in [6.07, 6.45) is -4.17. The van der Waals surface area contributed by atoms with Crippen molar-refractivity contribution in [1.82, 2.24) is 14.8 Å². The molecule has 22 heavy (non-hydrogen) atoms. The molecule has 1 aromatic heterocycles. The van der Waals surface area contributed by atoms with Crippen molar-refractivity contribution in [2.45, 2.75) is 24.7 Å². The van der Waals surface area contributed by atoms with E-state index < -0.39 is 24.4 Å². The topological polar surface area (TPSA) is 56.7 Å². The van der Waals surface area contributed by atoms with Gasteiger partial charge in [-0.15, -0.1) is 0 Å². The van der Waals surface area contributed by atoms with E-state index in [-0.39, 0.29) is 23.8 Å². The molecule has 0 radical (unpaired) electrons. The van der Waals surface area contributed by atoms with Gasteiger partial charge in [-0.2, -0.15) is 13.2 Å². The molecular weight excluding hydrogens is 323 g/mol. The van der Waals surface area contributed by atoms with Crippen LogP contribution in [0.25, 0.3) is 0 Å². The lowest BCUT2D eigenvalue weighted by molar-refractivity contribution is -0.184. The fraction of sp³-hybridized carbons (Fsp3) is 0.538. The van der Waals surface area contributed by atoms with E-state index >= 15 is 0 Å². The molecule has 2 unspecified atom stereocenters. The Morgan fingerprint density at radius 2 is 2.23 bits per heavy atom. The van der Waals surface area contributed by atoms with Gasteiger partial charge in [-0.1, -0.05) is 17.7 Å². The minimum atomic E-state index is -4.48. The minimum absolute atomic E-state index is 0.00414. The van der Waals surface area contributed by atoms with Crippen LogP contribution in [0.15, 0.2) is 18.3 Å². The van der Waals surface area contributed by atoms with Crippen LogP contribution in [0, 0.1) is 0 Å². The molecule has 0 aliphatic carbocycles. The van der Waals surface area contributed by atoms with Crippen LogP contribution in [-0.4, -0.2) is 58.3 Å². The van der Waals surface area contributed by atoms with E-state index in [2.05, 4.69) is 4.98 Å². The van der Waals surface area contributed by atoms with Crippen LogP contribution in [0.4, 0.5) is 18.0 Å². The highest BCUT2D eigenvalue weighted by molar-refractivity contribution is 6.29. The number of halogens is 4. The number of alkyl halides is 3. The fourth-order valence-electron chi connectivity index (χ4n) is 2.63. The maximum absolute atomic E-state index is 13.4. The Hall–Kier alpha value is -1.54. The average Bonchev–Trinajstić information content (AvgIpc) is 2.88. The molecule has 0 bridgehead atoms. The quantitative estimate of drug-likeness (QED) is 0.861. The molecule has 0 saturated carbocycles. The van der Waals surface area contributed by atoms with Gasteiger partial charge in [0.2, 0.25) is 0 Å². The van der Waals surface area contributed by atoms with Crippen molar-refractivity contribution in [1.29, 1.82) is 0 Å². The van der Waals surface area contributed by atoms with Crippen LogP contribution in [0.2, 0.25) is 5.15 Å². The maximum atomic E-state index is 13.4. The summed E-state index contributed by atoms with van der Waals surface area (Å²) >= 11 is 5.61. The number of likely N-dealkylation sites (N-methyl/N-ethyl adjacent to an activating group) is 1. The third-order valence-corrected chi connectivity index (χ3v) is 4.01. The van der Waals surface area contributed by atoms with Crippen molar-refractivity contribution in [2.24, 2.45) is 0 Å². The molecular formula is C13H15ClF3N3O2. The zero-order valence-electron chi connectivity index (χ0n) is 11.7. The van der Waals surface area contributed by atoms with Crippen LogP contribution in [-0.2, 0) is 0 Å². The number of hydrogen-bond donors (Lipinski definition) is 1. The molecule has 5 nitrogen and oxygen atoms in total. The monoisotopic (exact) mass is 337 g/mol. The molecule has 2 atom stereocenters. The van der Waals surface area contributed by atoms with Crippen molar-refractivity contribution in [3.63, 3.8) is 0 Å². The fourth-order valence-corrected chi connectivity index (χ4v) is 2.74. The Bertz CT molecular complexity index is 538. The van der Waals surface area contributed by atoms with Gasteiger partial charge in [-0.25, -0.2) is 9.78 Å². The number of rotatable bonds is 3. The van der Waals surface area contributed by atoms with E-state index in [1.165, 1.54) is 24.1 Å². The first-order valence-electron chi connectivity index (χ1n) is 6.58. The predicted octanol–water partition coefficient (Wildman–Crippen LogP) is 3.02. The van der Waals surface area contributed by atoms with Gasteiger partial charge in [-0.05, 0) is 18.1 Å². The number of hydrogen-bond acceptors (Lipinski definition) is 3. The molecule has 1 amide bonds. The summed E-state index contributed by atoms with van der Waals surface area (Å²) in [6, 6.07) is 0.334. The molecule has 1 N–H and O–H groups in total. The van der Waals surface area contributed by atoms with Crippen molar-refractivity contribution in [3.05, 3.63) is 29.0 Å². The van der Waals surface area contributed by atoms with Crippen LogP contribution in [0.1, 0.15) is 18.0 Å². The second-order valence-electron chi connectivity index (χ2n) is 5.19. The van der Waals surface area contributed by atoms with Crippen molar-refractivity contribution in [2.75, 3.05) is 20.1 Å². The second-order valence-corrected chi connectivity index (χ2v) is 5.58. The van der Waals surface area contributed by atoms with Crippen LogP contribution in [0.3, 0.4) is 0 Å². The van der Waals surface area contributed by atoms with Gasteiger partial charge in [0.25, 0.3) is 0 Å². The summed E-state index contributed by atoms with van der Waals surface area (Å²) < 4.78 is 40.2. The number of carboxylic acid groups (broad SMARTS) is 1. The molecule has 0 aromatic carbocycles. The highest BCUT2D eigenvalue weighted by atomic mass is 35.5. The van der Waals surface area contributed by atoms with Gasteiger partial charge >= 0.3 is 12.3 Å². The number of amides is 1. The molecule has 1 aliphatic rings. The molecule has 0 spiro atoms. The number of carbonyl (C=O) groups is 1. The minimum Gasteiger partial charge on any atom is -0.465 e. The number of likely N-dealkylation sites (tertiary alicyclic amines) is 1. The zero-order chi connectivity index (χ0) is 16.5. The zero-order valence-corrected chi connectivity index (χ0v) is 12.5. The Morgan fingerprint density at radius 3 is 2.73 bits per heavy atom. The van der Waals surface area contributed by atoms with Crippen LogP contribution >= 0.6 is 11.6 Å². The van der Waals surface area contributed by atoms with E-state index in [0.717, 1.165) is 11.1 Å². The molecule has 122 valence electrons. The molecule has 1 aliphatic heterocycles. The largest absolute Gasteiger partial charge is 0.465 e. The third kappa shape index (κ3) is 3.61. The van der Waals surface area contributed by atoms with Crippen molar-refractivity contribution >= 4 is 17.7 Å². The summed E-state index contributed by atoms with van der Waals surface area (Å²) in [7, 11) is 1.36. The summed E-state index contributed by atoms with van der Waals surface area (Å²) in [5, 5.41) is 9.06. The van der Waals surface area contributed by atoms with Crippen LogP contribution in [0.5, 0.6) is 0 Å². The Kier molecular flexibility index (Phi) is 4.81. The number of pyridine rings is 1. The van der Waals surface area contributed by atoms with Crippen molar-refractivity contribution in [3.8, 4) is 0 Å². The molecule has 9 heteroatoms. The normalized spacial score (nSPS) is 20.9. The standard InChI is InChI=1S/C13H15ClF3N3O2/c1-19(12(21)22)9-4-5-20(7-9)11(13(15,16)17)8-2-3-10(14)18-6-8/h2-3,6,9,11H,4-5,7H2,1H3,(H,21,22). The summed E-state index contributed by atoms with van der Waals surface area (Å²) in [5.41, 5.74) is -0.00414. The van der Waals surface area contributed by atoms with Gasteiger partial charge in [0.15, 0.2) is 0 Å². The number of aromatic nitrogens is 1. The van der Waals surface area contributed by atoms with Gasteiger partial charge in [0, 0.05) is 32.4 Å². The van der Waals surface area contributed by atoms with E-state index in [0.29, 0.717) is 6.42 Å². The first kappa shape index (κ1) is 16.8. The molecule has 2 rings (SSSR count). The lowest BCUT2D eigenvalue weighted by Gasteiger charge is -2.30. The van der Waals surface area contributed by atoms with E-state index in [4.69, 9.17) is 16.7 Å². The lowest BCUT2D eigenvalue weighted by Crippen LogP contribution is -2.41. The number of nitrogens with zero attached hydrogens (tertiary/aromatic N) is 3. The predicted molar refractivity (Wildman–Crippen MR) is 73.8 cm³/mol. The second kappa shape index (κ2) is 6.29. The SMILES string of the molecule is CN(C(=O)O)C1CCN(C(c2ccc(Cl)nc2)C(F)(F)F)C1. The molecule has 1 fully saturated rings.